The van der Waals surface area contributed by atoms with E-state index in [9.17, 15) is 14.4 Å². The van der Waals surface area contributed by atoms with Crippen molar-refractivity contribution in [3.05, 3.63) is 0 Å². The Bertz CT molecular complexity index is 311. The normalized spacial score (nSPS) is 13.7. The van der Waals surface area contributed by atoms with Crippen LogP contribution in [0.1, 0.15) is 19.3 Å². The molecule has 0 unspecified atom stereocenters. The molecule has 0 aromatic carbocycles. The third-order valence-corrected chi connectivity index (χ3v) is 3.58. The molecule has 0 aliphatic rings. The summed E-state index contributed by atoms with van der Waals surface area (Å²) in [5.74, 6) is -0.883. The molecular formula is C10H18N2O5Se. The SMILES string of the molecule is C[Se]CC[C@H](N)C(=O)N[C@@H](CCC(=O)O)C(=O)O. The van der Waals surface area contributed by atoms with Crippen LogP contribution in [0.3, 0.4) is 0 Å². The van der Waals surface area contributed by atoms with Gasteiger partial charge in [0.1, 0.15) is 0 Å². The summed E-state index contributed by atoms with van der Waals surface area (Å²) in [6.45, 7) is 0. The zero-order valence-electron chi connectivity index (χ0n) is 10.1. The van der Waals surface area contributed by atoms with Gasteiger partial charge in [0.2, 0.25) is 0 Å². The second-order valence-corrected chi connectivity index (χ2v) is 5.79. The van der Waals surface area contributed by atoms with Gasteiger partial charge in [-0.3, -0.25) is 0 Å². The van der Waals surface area contributed by atoms with Gasteiger partial charge < -0.3 is 0 Å². The zero-order chi connectivity index (χ0) is 14.1. The first-order valence-electron chi connectivity index (χ1n) is 5.38. The van der Waals surface area contributed by atoms with Crippen LogP contribution in [0.15, 0.2) is 0 Å². The van der Waals surface area contributed by atoms with Crippen LogP contribution in [0.25, 0.3) is 0 Å². The number of hydrogen-bond donors (Lipinski definition) is 4. The van der Waals surface area contributed by atoms with E-state index < -0.39 is 29.9 Å². The van der Waals surface area contributed by atoms with Crippen LogP contribution in [0.2, 0.25) is 11.1 Å². The summed E-state index contributed by atoms with van der Waals surface area (Å²) in [4.78, 5) is 32.8. The summed E-state index contributed by atoms with van der Waals surface area (Å²) in [7, 11) is 0. The Balaban J connectivity index is 4.26. The van der Waals surface area contributed by atoms with E-state index in [0.717, 1.165) is 5.32 Å². The van der Waals surface area contributed by atoms with Crippen molar-refractivity contribution in [3.8, 4) is 0 Å². The molecule has 0 aliphatic heterocycles. The van der Waals surface area contributed by atoms with Gasteiger partial charge in [0.15, 0.2) is 0 Å². The number of rotatable bonds is 9. The second kappa shape index (κ2) is 8.90. The fourth-order valence-electron chi connectivity index (χ4n) is 1.18. The summed E-state index contributed by atoms with van der Waals surface area (Å²) in [6, 6.07) is -1.94. The first-order chi connectivity index (χ1) is 8.38. The molecular weight excluding hydrogens is 307 g/mol. The van der Waals surface area contributed by atoms with E-state index >= 15 is 0 Å². The topological polar surface area (TPSA) is 130 Å². The fourth-order valence-corrected chi connectivity index (χ4v) is 2.21. The van der Waals surface area contributed by atoms with Gasteiger partial charge in [-0.05, 0) is 0 Å². The summed E-state index contributed by atoms with van der Waals surface area (Å²) in [5.41, 5.74) is 5.60. The predicted octanol–water partition coefficient (Wildman–Crippen LogP) is -0.691. The molecule has 0 aromatic rings. The van der Waals surface area contributed by atoms with Gasteiger partial charge in [-0.15, -0.1) is 0 Å². The average Bonchev–Trinajstić information content (AvgIpc) is 2.30. The number of carboxylic acids is 2. The molecule has 1 amide bonds. The maximum absolute atomic E-state index is 11.6. The Morgan fingerprint density at radius 2 is 1.89 bits per heavy atom. The van der Waals surface area contributed by atoms with Gasteiger partial charge in [0.25, 0.3) is 0 Å². The van der Waals surface area contributed by atoms with Gasteiger partial charge in [-0.2, -0.15) is 0 Å². The van der Waals surface area contributed by atoms with E-state index in [0.29, 0.717) is 21.4 Å². The van der Waals surface area contributed by atoms with Crippen molar-refractivity contribution in [3.63, 3.8) is 0 Å². The molecule has 0 radical (unpaired) electrons. The summed E-state index contributed by atoms with van der Waals surface area (Å²) >= 11 is 0.410. The fraction of sp³-hybridized carbons (Fsp3) is 0.700. The number of hydrogen-bond acceptors (Lipinski definition) is 4. The molecule has 104 valence electrons. The number of nitrogens with one attached hydrogen (secondary N) is 1. The molecule has 0 aromatic heterocycles. The standard InChI is InChI=1S/C10H18N2O5Se/c1-18-5-4-6(11)9(15)12-7(10(16)17)2-3-8(13)14/h6-7H,2-5,11H2,1H3,(H,12,15)(H,13,14)(H,16,17)/t6-,7-/m0/s1. The van der Waals surface area contributed by atoms with Crippen LogP contribution in [0.5, 0.6) is 0 Å². The third-order valence-electron chi connectivity index (χ3n) is 2.23. The molecule has 5 N–H and O–H groups in total. The van der Waals surface area contributed by atoms with Crippen LogP contribution in [0.4, 0.5) is 0 Å². The molecule has 0 aliphatic carbocycles. The van der Waals surface area contributed by atoms with Crippen LogP contribution >= 0.6 is 0 Å². The molecule has 0 spiro atoms. The Morgan fingerprint density at radius 3 is 2.33 bits per heavy atom. The molecule has 0 saturated heterocycles. The summed E-state index contributed by atoms with van der Waals surface area (Å²) in [5, 5.41) is 20.4. The molecule has 0 rings (SSSR count). The quantitative estimate of drug-likeness (QED) is 0.415. The zero-order valence-corrected chi connectivity index (χ0v) is 11.8. The van der Waals surface area contributed by atoms with E-state index in [1.807, 2.05) is 5.82 Å². The predicted molar refractivity (Wildman–Crippen MR) is 65.5 cm³/mol. The minimum atomic E-state index is -1.25. The van der Waals surface area contributed by atoms with E-state index in [4.69, 9.17) is 15.9 Å². The monoisotopic (exact) mass is 326 g/mol. The molecule has 0 bridgehead atoms. The molecule has 0 heterocycles. The maximum atomic E-state index is 11.6. The van der Waals surface area contributed by atoms with Crippen molar-refractivity contribution >= 4 is 32.8 Å². The summed E-state index contributed by atoms with van der Waals surface area (Å²) in [6.07, 6.45) is 0.0407. The van der Waals surface area contributed by atoms with Gasteiger partial charge in [-0.25, -0.2) is 0 Å². The Hall–Kier alpha value is -1.11. The molecule has 7 nitrogen and oxygen atoms in total. The minimum absolute atomic E-state index is 0.152. The van der Waals surface area contributed by atoms with Crippen LogP contribution in [-0.2, 0) is 14.4 Å². The van der Waals surface area contributed by atoms with Crippen molar-refractivity contribution in [1.29, 1.82) is 0 Å². The Kier molecular flexibility index (Phi) is 8.36. The van der Waals surface area contributed by atoms with Crippen LogP contribution < -0.4 is 11.1 Å². The Morgan fingerprint density at radius 1 is 1.28 bits per heavy atom. The van der Waals surface area contributed by atoms with Gasteiger partial charge in [-0.1, -0.05) is 0 Å². The molecule has 0 fully saturated rings. The number of carbonyl (C=O) groups excluding carboxylic acids is 1. The average molecular weight is 325 g/mol. The van der Waals surface area contributed by atoms with Crippen molar-refractivity contribution < 1.29 is 24.6 Å². The number of carboxylic acid groups (broad SMARTS) is 2. The van der Waals surface area contributed by atoms with E-state index in [1.165, 1.54) is 0 Å². The first kappa shape index (κ1) is 16.9. The molecule has 8 heteroatoms. The number of amides is 1. The van der Waals surface area contributed by atoms with Gasteiger partial charge in [0, 0.05) is 0 Å². The van der Waals surface area contributed by atoms with Gasteiger partial charge >= 0.3 is 111 Å². The number of nitrogens with two attached hydrogens (primary N) is 1. The first-order valence-corrected chi connectivity index (χ1v) is 8.30. The van der Waals surface area contributed by atoms with Crippen LogP contribution in [-0.4, -0.2) is 55.1 Å². The molecule has 0 saturated carbocycles. The van der Waals surface area contributed by atoms with Crippen LogP contribution in [0, 0.1) is 0 Å². The molecule has 18 heavy (non-hydrogen) atoms. The van der Waals surface area contributed by atoms with Gasteiger partial charge in [0.05, 0.1) is 0 Å². The molecule has 2 atom stereocenters. The number of aliphatic carboxylic acids is 2. The van der Waals surface area contributed by atoms with Crippen molar-refractivity contribution in [2.75, 3.05) is 0 Å². The van der Waals surface area contributed by atoms with Crippen molar-refractivity contribution in [2.24, 2.45) is 5.73 Å². The van der Waals surface area contributed by atoms with E-state index in [-0.39, 0.29) is 12.8 Å². The van der Waals surface area contributed by atoms with Crippen molar-refractivity contribution in [2.45, 2.75) is 42.5 Å². The second-order valence-electron chi connectivity index (χ2n) is 3.72. The van der Waals surface area contributed by atoms with Crippen molar-refractivity contribution in [1.82, 2.24) is 5.32 Å². The Labute approximate surface area is 111 Å². The summed E-state index contributed by atoms with van der Waals surface area (Å²) < 4.78 is 0. The number of carbonyl (C=O) groups is 3. The third kappa shape index (κ3) is 7.26. The van der Waals surface area contributed by atoms with E-state index in [1.54, 1.807) is 0 Å². The van der Waals surface area contributed by atoms with E-state index in [2.05, 4.69) is 5.32 Å².